The number of alkyl halides is 6. The van der Waals surface area contributed by atoms with Crippen LogP contribution in [0.4, 0.5) is 36.4 Å². The van der Waals surface area contributed by atoms with Crippen LogP contribution in [0.5, 0.6) is 11.5 Å². The number of ether oxygens (including phenoxy) is 2. The summed E-state index contributed by atoms with van der Waals surface area (Å²) in [5, 5.41) is 9.45. The molecule has 4 rings (SSSR count). The summed E-state index contributed by atoms with van der Waals surface area (Å²) in [4.78, 5) is -0.135. The first-order valence-electron chi connectivity index (χ1n) is 10.3. The molecule has 1 aliphatic rings. The molecule has 1 aliphatic heterocycles. The molecular weight excluding hydrogens is 535 g/mol. The predicted molar refractivity (Wildman–Crippen MR) is 116 cm³/mol. The summed E-state index contributed by atoms with van der Waals surface area (Å²) in [6.45, 7) is 0.563. The van der Waals surface area contributed by atoms with E-state index >= 15 is 0 Å². The van der Waals surface area contributed by atoms with Gasteiger partial charge in [0.2, 0.25) is 0 Å². The minimum absolute atomic E-state index is 0.0221. The number of hydrogen-bond acceptors (Lipinski definition) is 5. The van der Waals surface area contributed by atoms with Crippen molar-refractivity contribution in [2.45, 2.75) is 22.8 Å². The molecule has 0 aliphatic carbocycles. The lowest BCUT2D eigenvalue weighted by molar-refractivity contribution is -0.376. The highest BCUT2D eigenvalue weighted by molar-refractivity contribution is 7.92. The van der Waals surface area contributed by atoms with Crippen molar-refractivity contribution in [3.63, 3.8) is 0 Å². The Morgan fingerprint density at radius 3 is 1.95 bits per heavy atom. The standard InChI is InChI=1S/C23H16F7NO5S/c24-18-11-14(21(32,22(25,26)27)23(28,29)30)3-7-17(18)13-1-4-15(5-2-13)31-37(33,34)16-6-8-19-20(12-16)36-10-9-35-19/h1-8,11-12,31-32H,9-10H2. The first-order valence-corrected chi connectivity index (χ1v) is 11.8. The van der Waals surface area contributed by atoms with Crippen molar-refractivity contribution in [1.29, 1.82) is 0 Å². The molecule has 0 radical (unpaired) electrons. The van der Waals surface area contributed by atoms with Gasteiger partial charge < -0.3 is 14.6 Å². The fourth-order valence-corrected chi connectivity index (χ4v) is 4.66. The topological polar surface area (TPSA) is 84.9 Å². The summed E-state index contributed by atoms with van der Waals surface area (Å²) >= 11 is 0. The Bertz CT molecular complexity index is 1410. The fourth-order valence-electron chi connectivity index (χ4n) is 3.59. The summed E-state index contributed by atoms with van der Waals surface area (Å²) in [5.74, 6) is -0.841. The summed E-state index contributed by atoms with van der Waals surface area (Å²) in [6.07, 6.45) is -12.3. The number of benzene rings is 3. The number of nitrogens with one attached hydrogen (secondary N) is 1. The molecule has 0 bridgehead atoms. The molecule has 0 saturated carbocycles. The van der Waals surface area contributed by atoms with Crippen LogP contribution in [0, 0.1) is 5.82 Å². The first kappa shape index (κ1) is 26.5. The smallest absolute Gasteiger partial charge is 0.430 e. The number of aliphatic hydroxyl groups is 1. The Kier molecular flexibility index (Phi) is 6.53. The average Bonchev–Trinajstić information content (AvgIpc) is 2.82. The lowest BCUT2D eigenvalue weighted by atomic mass is 9.90. The zero-order valence-corrected chi connectivity index (χ0v) is 19.1. The monoisotopic (exact) mass is 551 g/mol. The van der Waals surface area contributed by atoms with Gasteiger partial charge in [-0.25, -0.2) is 12.8 Å². The molecule has 0 unspecified atom stereocenters. The van der Waals surface area contributed by atoms with E-state index in [4.69, 9.17) is 9.47 Å². The van der Waals surface area contributed by atoms with Crippen molar-refractivity contribution >= 4 is 15.7 Å². The fraction of sp³-hybridized carbons (Fsp3) is 0.217. The number of sulfonamides is 1. The number of rotatable bonds is 5. The van der Waals surface area contributed by atoms with Crippen LogP contribution in [-0.2, 0) is 15.6 Å². The van der Waals surface area contributed by atoms with Crippen molar-refractivity contribution < 1.29 is 53.7 Å². The Balaban J connectivity index is 1.58. The molecule has 0 amide bonds. The lowest BCUT2D eigenvalue weighted by Gasteiger charge is -2.32. The molecule has 3 aromatic rings. The van der Waals surface area contributed by atoms with Gasteiger partial charge in [0.05, 0.1) is 4.90 Å². The van der Waals surface area contributed by atoms with Crippen LogP contribution in [0.3, 0.4) is 0 Å². The highest BCUT2D eigenvalue weighted by atomic mass is 32.2. The average molecular weight is 551 g/mol. The molecule has 1 heterocycles. The third-order valence-electron chi connectivity index (χ3n) is 5.48. The van der Waals surface area contributed by atoms with Crippen LogP contribution in [0.1, 0.15) is 5.56 Å². The van der Waals surface area contributed by atoms with Crippen LogP contribution >= 0.6 is 0 Å². The predicted octanol–water partition coefficient (Wildman–Crippen LogP) is 5.38. The van der Waals surface area contributed by atoms with Gasteiger partial charge in [-0.1, -0.05) is 24.3 Å². The van der Waals surface area contributed by atoms with Gasteiger partial charge in [0.25, 0.3) is 15.6 Å². The summed E-state index contributed by atoms with van der Waals surface area (Å²) in [6, 6.07) is 9.78. The third kappa shape index (κ3) is 4.90. The second kappa shape index (κ2) is 9.10. The zero-order chi connectivity index (χ0) is 27.2. The van der Waals surface area contributed by atoms with Crippen LogP contribution in [0.25, 0.3) is 11.1 Å². The van der Waals surface area contributed by atoms with Gasteiger partial charge in [0, 0.05) is 22.9 Å². The second-order valence-corrected chi connectivity index (χ2v) is 9.57. The van der Waals surface area contributed by atoms with Gasteiger partial charge >= 0.3 is 12.4 Å². The Morgan fingerprint density at radius 2 is 1.38 bits per heavy atom. The maximum absolute atomic E-state index is 14.6. The number of halogens is 7. The Hall–Kier alpha value is -3.52. The molecule has 0 atom stereocenters. The van der Waals surface area contributed by atoms with Crippen LogP contribution in [-0.4, -0.2) is 39.1 Å². The van der Waals surface area contributed by atoms with E-state index in [1.807, 2.05) is 0 Å². The van der Waals surface area contributed by atoms with E-state index in [1.165, 1.54) is 42.5 Å². The van der Waals surface area contributed by atoms with Gasteiger partial charge in [-0.3, -0.25) is 4.72 Å². The molecule has 0 fully saturated rings. The van der Waals surface area contributed by atoms with Crippen molar-refractivity contribution in [1.82, 2.24) is 0 Å². The minimum atomic E-state index is -6.16. The Labute approximate surface area is 205 Å². The highest BCUT2D eigenvalue weighted by Crippen LogP contribution is 2.50. The summed E-state index contributed by atoms with van der Waals surface area (Å²) < 4.78 is 131. The lowest BCUT2D eigenvalue weighted by Crippen LogP contribution is -2.53. The molecule has 3 aromatic carbocycles. The van der Waals surface area contributed by atoms with E-state index in [-0.39, 0.29) is 40.1 Å². The summed E-state index contributed by atoms with van der Waals surface area (Å²) in [7, 11) is -4.08. The van der Waals surface area contributed by atoms with E-state index in [9.17, 15) is 44.3 Å². The van der Waals surface area contributed by atoms with Crippen molar-refractivity contribution in [3.8, 4) is 22.6 Å². The summed E-state index contributed by atoms with van der Waals surface area (Å²) in [5.41, 5.74) is -7.32. The number of hydrogen-bond donors (Lipinski definition) is 2. The second-order valence-electron chi connectivity index (χ2n) is 7.89. The first-order chi connectivity index (χ1) is 17.1. The molecule has 37 heavy (non-hydrogen) atoms. The minimum Gasteiger partial charge on any atom is -0.486 e. The van der Waals surface area contributed by atoms with Gasteiger partial charge in [0.15, 0.2) is 11.5 Å². The zero-order valence-electron chi connectivity index (χ0n) is 18.3. The molecule has 14 heteroatoms. The third-order valence-corrected chi connectivity index (χ3v) is 6.86. The van der Waals surface area contributed by atoms with E-state index in [2.05, 4.69) is 4.72 Å². The molecule has 6 nitrogen and oxygen atoms in total. The number of anilines is 1. The van der Waals surface area contributed by atoms with E-state index < -0.39 is 39.4 Å². The maximum atomic E-state index is 14.6. The van der Waals surface area contributed by atoms with E-state index in [0.717, 1.165) is 0 Å². The molecule has 0 spiro atoms. The molecular formula is C23H16F7NO5S. The Morgan fingerprint density at radius 1 is 0.784 bits per heavy atom. The molecule has 0 saturated heterocycles. The normalized spacial score (nSPS) is 14.4. The highest BCUT2D eigenvalue weighted by Gasteiger charge is 2.71. The quantitative estimate of drug-likeness (QED) is 0.417. The van der Waals surface area contributed by atoms with Crippen molar-refractivity contribution in [3.05, 3.63) is 72.0 Å². The molecule has 198 valence electrons. The number of fused-ring (bicyclic) bond motifs is 1. The van der Waals surface area contributed by atoms with E-state index in [1.54, 1.807) is 0 Å². The largest absolute Gasteiger partial charge is 0.486 e. The van der Waals surface area contributed by atoms with Crippen LogP contribution < -0.4 is 14.2 Å². The van der Waals surface area contributed by atoms with E-state index in [0.29, 0.717) is 24.5 Å². The van der Waals surface area contributed by atoms with Gasteiger partial charge in [-0.2, -0.15) is 26.3 Å². The molecule has 0 aromatic heterocycles. The van der Waals surface area contributed by atoms with Crippen molar-refractivity contribution in [2.75, 3.05) is 17.9 Å². The van der Waals surface area contributed by atoms with Gasteiger partial charge in [0.1, 0.15) is 19.0 Å². The maximum Gasteiger partial charge on any atom is 0.430 e. The van der Waals surface area contributed by atoms with Gasteiger partial charge in [-0.05, 0) is 35.9 Å². The van der Waals surface area contributed by atoms with Crippen LogP contribution in [0.2, 0.25) is 0 Å². The van der Waals surface area contributed by atoms with Crippen molar-refractivity contribution in [2.24, 2.45) is 0 Å². The SMILES string of the molecule is O=S(=O)(Nc1ccc(-c2ccc(C(O)(C(F)(F)F)C(F)(F)F)cc2F)cc1)c1ccc2c(c1)OCCO2. The van der Waals surface area contributed by atoms with Crippen LogP contribution in [0.15, 0.2) is 65.6 Å². The molecule has 2 N–H and O–H groups in total. The van der Waals surface area contributed by atoms with Gasteiger partial charge in [-0.15, -0.1) is 0 Å².